The third-order valence-electron chi connectivity index (χ3n) is 5.52. The standard InChI is InChI=1S/C26H30N4O/c1-5-13-30(14-6-2)24-10-9-19-15-21(8-7-20(19)16-24)25-12-11-23(29(25)4)17-22(18-27)26(31)28-3/h7-12,15-17H,5-6,13-14H2,1-4H3,(H,28,31)/b22-17+. The van der Waals surface area contributed by atoms with E-state index in [1.807, 2.05) is 29.8 Å². The molecule has 2 aromatic carbocycles. The molecule has 0 aliphatic rings. The molecule has 1 amide bonds. The van der Waals surface area contributed by atoms with Crippen LogP contribution >= 0.6 is 0 Å². The fraction of sp³-hybridized carbons (Fsp3) is 0.308. The molecule has 0 aliphatic carbocycles. The quantitative estimate of drug-likeness (QED) is 0.411. The van der Waals surface area contributed by atoms with Crippen molar-refractivity contribution in [3.63, 3.8) is 0 Å². The van der Waals surface area contributed by atoms with Crippen LogP contribution in [0, 0.1) is 11.3 Å². The SMILES string of the molecule is CCCN(CCC)c1ccc2cc(-c3ccc(/C=C(\C#N)C(=O)NC)n3C)ccc2c1. The molecular formula is C26H30N4O. The zero-order chi connectivity index (χ0) is 22.4. The first-order valence-electron chi connectivity index (χ1n) is 10.8. The molecule has 0 spiro atoms. The Kier molecular flexibility index (Phi) is 7.15. The zero-order valence-corrected chi connectivity index (χ0v) is 18.8. The third kappa shape index (κ3) is 4.80. The molecule has 0 saturated heterocycles. The molecule has 0 fully saturated rings. The van der Waals surface area contributed by atoms with E-state index in [0.29, 0.717) is 0 Å². The Bertz CT molecular complexity index is 1140. The minimum Gasteiger partial charge on any atom is -0.372 e. The minimum absolute atomic E-state index is 0.0880. The number of anilines is 1. The highest BCUT2D eigenvalue weighted by molar-refractivity contribution is 6.01. The Morgan fingerprint density at radius 2 is 1.74 bits per heavy atom. The summed E-state index contributed by atoms with van der Waals surface area (Å²) < 4.78 is 2.00. The van der Waals surface area contributed by atoms with E-state index in [9.17, 15) is 10.1 Å². The van der Waals surface area contributed by atoms with Gasteiger partial charge >= 0.3 is 0 Å². The lowest BCUT2D eigenvalue weighted by atomic mass is 10.0. The van der Waals surface area contributed by atoms with E-state index in [1.54, 1.807) is 6.08 Å². The number of benzene rings is 2. The maximum atomic E-state index is 11.8. The van der Waals surface area contributed by atoms with Gasteiger partial charge in [-0.05, 0) is 65.6 Å². The average molecular weight is 415 g/mol. The lowest BCUT2D eigenvalue weighted by Gasteiger charge is -2.24. The first kappa shape index (κ1) is 22.2. The Labute approximate surface area is 184 Å². The van der Waals surface area contributed by atoms with E-state index in [1.165, 1.54) is 23.5 Å². The van der Waals surface area contributed by atoms with Gasteiger partial charge in [-0.25, -0.2) is 0 Å². The molecule has 1 aromatic heterocycles. The van der Waals surface area contributed by atoms with Crippen molar-refractivity contribution in [2.24, 2.45) is 7.05 Å². The second-order valence-corrected chi connectivity index (χ2v) is 7.68. The second kappa shape index (κ2) is 9.99. The van der Waals surface area contributed by atoms with Crippen molar-refractivity contribution < 1.29 is 4.79 Å². The van der Waals surface area contributed by atoms with Gasteiger partial charge in [0.05, 0.1) is 0 Å². The second-order valence-electron chi connectivity index (χ2n) is 7.68. The first-order valence-corrected chi connectivity index (χ1v) is 10.8. The van der Waals surface area contributed by atoms with Crippen LogP contribution in [0.4, 0.5) is 5.69 Å². The van der Waals surface area contributed by atoms with Gasteiger partial charge in [0.25, 0.3) is 5.91 Å². The van der Waals surface area contributed by atoms with Crippen LogP contribution in [0.1, 0.15) is 32.4 Å². The highest BCUT2D eigenvalue weighted by Gasteiger charge is 2.11. The number of fused-ring (bicyclic) bond motifs is 1. The summed E-state index contributed by atoms with van der Waals surface area (Å²) in [5, 5.41) is 14.2. The molecule has 0 atom stereocenters. The number of hydrogen-bond donors (Lipinski definition) is 1. The van der Waals surface area contributed by atoms with Gasteiger partial charge in [0, 0.05) is 44.3 Å². The molecule has 0 bridgehead atoms. The smallest absolute Gasteiger partial charge is 0.261 e. The summed E-state index contributed by atoms with van der Waals surface area (Å²) >= 11 is 0. The number of carbonyl (C=O) groups is 1. The predicted molar refractivity (Wildman–Crippen MR) is 129 cm³/mol. The summed E-state index contributed by atoms with van der Waals surface area (Å²) in [6.07, 6.45) is 3.88. The third-order valence-corrected chi connectivity index (χ3v) is 5.52. The Hall–Kier alpha value is -3.52. The molecule has 5 nitrogen and oxygen atoms in total. The maximum Gasteiger partial charge on any atom is 0.261 e. The summed E-state index contributed by atoms with van der Waals surface area (Å²) in [5.41, 5.74) is 4.30. The van der Waals surface area contributed by atoms with Gasteiger partial charge in [0.1, 0.15) is 11.6 Å². The summed E-state index contributed by atoms with van der Waals surface area (Å²) in [7, 11) is 3.47. The average Bonchev–Trinajstić information content (AvgIpc) is 3.16. The molecule has 0 radical (unpaired) electrons. The van der Waals surface area contributed by atoms with Crippen molar-refractivity contribution in [1.29, 1.82) is 5.26 Å². The van der Waals surface area contributed by atoms with E-state index < -0.39 is 0 Å². The normalized spacial score (nSPS) is 11.4. The maximum absolute atomic E-state index is 11.8. The fourth-order valence-corrected chi connectivity index (χ4v) is 3.89. The summed E-state index contributed by atoms with van der Waals surface area (Å²) in [6.45, 7) is 6.57. The van der Waals surface area contributed by atoms with Crippen LogP contribution in [0.3, 0.4) is 0 Å². The topological polar surface area (TPSA) is 61.1 Å². The Balaban J connectivity index is 1.95. The lowest BCUT2D eigenvalue weighted by Crippen LogP contribution is -2.24. The number of hydrogen-bond acceptors (Lipinski definition) is 3. The highest BCUT2D eigenvalue weighted by Crippen LogP contribution is 2.29. The lowest BCUT2D eigenvalue weighted by molar-refractivity contribution is -0.116. The summed E-state index contributed by atoms with van der Waals surface area (Å²) in [5.74, 6) is -0.382. The van der Waals surface area contributed by atoms with Crippen LogP contribution in [-0.4, -0.2) is 30.6 Å². The molecule has 3 aromatic rings. The van der Waals surface area contributed by atoms with Crippen molar-refractivity contribution in [3.8, 4) is 17.3 Å². The van der Waals surface area contributed by atoms with Gasteiger partial charge in [0.2, 0.25) is 0 Å². The van der Waals surface area contributed by atoms with Crippen LogP contribution in [-0.2, 0) is 11.8 Å². The van der Waals surface area contributed by atoms with Gasteiger partial charge in [0.15, 0.2) is 0 Å². The van der Waals surface area contributed by atoms with Crippen molar-refractivity contribution in [1.82, 2.24) is 9.88 Å². The number of carbonyl (C=O) groups excluding carboxylic acids is 1. The van der Waals surface area contributed by atoms with Gasteiger partial charge in [-0.2, -0.15) is 5.26 Å². The number of nitrogens with zero attached hydrogens (tertiary/aromatic N) is 3. The van der Waals surface area contributed by atoms with E-state index >= 15 is 0 Å². The van der Waals surface area contributed by atoms with Crippen LogP contribution < -0.4 is 10.2 Å². The summed E-state index contributed by atoms with van der Waals surface area (Å²) in [4.78, 5) is 14.3. The van der Waals surface area contributed by atoms with E-state index in [-0.39, 0.29) is 11.5 Å². The largest absolute Gasteiger partial charge is 0.372 e. The van der Waals surface area contributed by atoms with Crippen molar-refractivity contribution >= 4 is 28.4 Å². The number of rotatable bonds is 8. The van der Waals surface area contributed by atoms with Crippen LogP contribution in [0.5, 0.6) is 0 Å². The number of likely N-dealkylation sites (N-methyl/N-ethyl adjacent to an activating group) is 1. The van der Waals surface area contributed by atoms with Gasteiger partial charge in [-0.3, -0.25) is 4.79 Å². The molecule has 160 valence electrons. The Morgan fingerprint density at radius 3 is 2.39 bits per heavy atom. The van der Waals surface area contributed by atoms with Gasteiger partial charge in [-0.15, -0.1) is 0 Å². The summed E-state index contributed by atoms with van der Waals surface area (Å²) in [6, 6.07) is 19.1. The van der Waals surface area contributed by atoms with E-state index in [4.69, 9.17) is 0 Å². The molecule has 0 aliphatic heterocycles. The van der Waals surface area contributed by atoms with Crippen LogP contribution in [0.25, 0.3) is 28.1 Å². The molecule has 5 heteroatoms. The zero-order valence-electron chi connectivity index (χ0n) is 18.8. The number of amides is 1. The van der Waals surface area contributed by atoms with Crippen molar-refractivity contribution in [2.75, 3.05) is 25.0 Å². The van der Waals surface area contributed by atoms with Gasteiger partial charge in [-0.1, -0.05) is 32.0 Å². The molecule has 0 saturated carbocycles. The number of nitrogens with one attached hydrogen (secondary N) is 1. The first-order chi connectivity index (χ1) is 15.0. The van der Waals surface area contributed by atoms with E-state index in [2.05, 4.69) is 60.5 Å². The number of aromatic nitrogens is 1. The van der Waals surface area contributed by atoms with Crippen LogP contribution in [0.2, 0.25) is 0 Å². The Morgan fingerprint density at radius 1 is 1.06 bits per heavy atom. The van der Waals surface area contributed by atoms with Gasteiger partial charge < -0.3 is 14.8 Å². The highest BCUT2D eigenvalue weighted by atomic mass is 16.1. The molecule has 1 heterocycles. The van der Waals surface area contributed by atoms with E-state index in [0.717, 1.165) is 42.9 Å². The van der Waals surface area contributed by atoms with Crippen molar-refractivity contribution in [3.05, 3.63) is 59.8 Å². The number of nitriles is 1. The molecular weight excluding hydrogens is 384 g/mol. The molecule has 0 unspecified atom stereocenters. The predicted octanol–water partition coefficient (Wildman–Crippen LogP) is 5.12. The van der Waals surface area contributed by atoms with Crippen LogP contribution in [0.15, 0.2) is 54.1 Å². The molecule has 3 rings (SSSR count). The fourth-order valence-electron chi connectivity index (χ4n) is 3.89. The van der Waals surface area contributed by atoms with Crippen molar-refractivity contribution in [2.45, 2.75) is 26.7 Å². The molecule has 1 N–H and O–H groups in total. The molecule has 31 heavy (non-hydrogen) atoms. The minimum atomic E-state index is -0.382. The monoisotopic (exact) mass is 414 g/mol.